The van der Waals surface area contributed by atoms with E-state index in [-0.39, 0.29) is 13.2 Å². The summed E-state index contributed by atoms with van der Waals surface area (Å²) in [6.07, 6.45) is 2.21. The third-order valence-corrected chi connectivity index (χ3v) is 10.0. The van der Waals surface area contributed by atoms with Crippen molar-refractivity contribution >= 4 is 12.2 Å². The van der Waals surface area contributed by atoms with Crippen LogP contribution < -0.4 is 0 Å². The minimum Gasteiger partial charge on any atom is -0.445 e. The van der Waals surface area contributed by atoms with E-state index < -0.39 is 53.8 Å². The highest BCUT2D eigenvalue weighted by molar-refractivity contribution is 5.70. The van der Waals surface area contributed by atoms with Crippen molar-refractivity contribution in [1.82, 2.24) is 9.80 Å². The Morgan fingerprint density at radius 3 is 1.67 bits per heavy atom. The van der Waals surface area contributed by atoms with Crippen molar-refractivity contribution in [2.45, 2.75) is 109 Å². The molecular formula is C47H56N2O8. The van der Waals surface area contributed by atoms with Crippen LogP contribution in [0.5, 0.6) is 0 Å². The molecule has 0 saturated carbocycles. The van der Waals surface area contributed by atoms with Gasteiger partial charge in [-0.05, 0) is 63.3 Å². The number of carbonyl (C=O) groups is 2. The van der Waals surface area contributed by atoms with Gasteiger partial charge in [0.25, 0.3) is 0 Å². The molecule has 57 heavy (non-hydrogen) atoms. The summed E-state index contributed by atoms with van der Waals surface area (Å²) in [6.45, 7) is 10.8. The van der Waals surface area contributed by atoms with Crippen LogP contribution in [0.2, 0.25) is 0 Å². The normalized spacial score (nSPS) is 21.9. The van der Waals surface area contributed by atoms with E-state index in [9.17, 15) is 9.59 Å². The molecule has 4 aromatic carbocycles. The van der Waals surface area contributed by atoms with Gasteiger partial charge in [-0.25, -0.2) is 9.59 Å². The average Bonchev–Trinajstić information content (AvgIpc) is 3.67. The van der Waals surface area contributed by atoms with Crippen LogP contribution in [0.3, 0.4) is 0 Å². The summed E-state index contributed by atoms with van der Waals surface area (Å²) in [5.74, 6) is 0. The Morgan fingerprint density at radius 1 is 0.684 bits per heavy atom. The number of nitrogens with zero attached hydrogens (tertiary/aromatic N) is 2. The van der Waals surface area contributed by atoms with Gasteiger partial charge >= 0.3 is 12.2 Å². The van der Waals surface area contributed by atoms with Crippen molar-refractivity contribution in [3.05, 3.63) is 156 Å². The third-order valence-electron chi connectivity index (χ3n) is 10.0. The lowest BCUT2D eigenvalue weighted by atomic mass is 10.0. The summed E-state index contributed by atoms with van der Waals surface area (Å²) in [5.41, 5.74) is 2.33. The van der Waals surface area contributed by atoms with Crippen LogP contribution in [0.1, 0.15) is 63.3 Å². The van der Waals surface area contributed by atoms with E-state index in [4.69, 9.17) is 28.4 Å². The van der Waals surface area contributed by atoms with E-state index in [1.165, 1.54) is 0 Å². The second kappa shape index (κ2) is 19.4. The molecule has 2 amide bonds. The van der Waals surface area contributed by atoms with Crippen LogP contribution in [0.4, 0.5) is 9.59 Å². The first-order chi connectivity index (χ1) is 27.5. The first kappa shape index (κ1) is 41.6. The average molecular weight is 777 g/mol. The zero-order chi connectivity index (χ0) is 40.3. The van der Waals surface area contributed by atoms with Crippen LogP contribution in [0.25, 0.3) is 0 Å². The number of benzene rings is 4. The molecule has 4 aromatic rings. The summed E-state index contributed by atoms with van der Waals surface area (Å²) in [6, 6.07) is 38.0. The first-order valence-electron chi connectivity index (χ1n) is 19.7. The van der Waals surface area contributed by atoms with E-state index in [0.717, 1.165) is 22.3 Å². The Kier molecular flexibility index (Phi) is 14.2. The lowest BCUT2D eigenvalue weighted by Gasteiger charge is -2.34. The predicted octanol–water partition coefficient (Wildman–Crippen LogP) is 9.08. The fourth-order valence-corrected chi connectivity index (χ4v) is 7.32. The fourth-order valence-electron chi connectivity index (χ4n) is 7.32. The zero-order valence-corrected chi connectivity index (χ0v) is 33.7. The highest BCUT2D eigenvalue weighted by atomic mass is 16.6. The Morgan fingerprint density at radius 2 is 1.16 bits per heavy atom. The summed E-state index contributed by atoms with van der Waals surface area (Å²) in [5, 5.41) is 0. The Hall–Kier alpha value is -5.00. The molecule has 0 N–H and O–H groups in total. The molecule has 0 radical (unpaired) electrons. The number of rotatable bonds is 15. The second-order valence-corrected chi connectivity index (χ2v) is 15.9. The standard InChI is InChI=1S/C47H56N2O8/c1-46(2,3)57-45(51)49-39(33-56-47(49,4)5)27-18-28-40-42(53-30-36-21-12-7-13-22-36)43(54-31-37-23-14-8-15-24-37)41(34-52-29-35-19-10-6-11-20-35)48(40)44(50)55-32-38-25-16-9-17-26-38/h6-27,39-43H,28-34H2,1-5H3/b27-18+/t39-,40-,41-,42-,43+/m0/s1. The molecule has 0 bridgehead atoms. The second-order valence-electron chi connectivity index (χ2n) is 15.9. The minimum atomic E-state index is -0.878. The van der Waals surface area contributed by atoms with Gasteiger partial charge in [-0.15, -0.1) is 0 Å². The van der Waals surface area contributed by atoms with Crippen molar-refractivity contribution in [1.29, 1.82) is 0 Å². The van der Waals surface area contributed by atoms with Crippen LogP contribution in [0.15, 0.2) is 133 Å². The molecule has 0 spiro atoms. The SMILES string of the molecule is CC(C)(C)OC(=O)N1[C@@H](/C=C/C[C@H]2[C@H](OCc3ccccc3)[C@H](OCc3ccccc3)[C@H](COCc3ccccc3)N2C(=O)OCc2ccccc2)COC1(C)C. The quantitative estimate of drug-likeness (QED) is 0.110. The maximum absolute atomic E-state index is 14.5. The monoisotopic (exact) mass is 776 g/mol. The summed E-state index contributed by atoms with van der Waals surface area (Å²) in [4.78, 5) is 31.4. The van der Waals surface area contributed by atoms with Gasteiger partial charge in [-0.1, -0.05) is 133 Å². The molecule has 2 aliphatic rings. The van der Waals surface area contributed by atoms with Gasteiger partial charge in [0.05, 0.1) is 51.2 Å². The number of carbonyl (C=O) groups excluding carboxylic acids is 2. The van der Waals surface area contributed by atoms with Crippen LogP contribution in [-0.4, -0.2) is 76.9 Å². The van der Waals surface area contributed by atoms with Gasteiger partial charge in [0.15, 0.2) is 0 Å². The Bertz CT molecular complexity index is 1870. The highest BCUT2D eigenvalue weighted by Crippen LogP contribution is 2.36. The number of amides is 2. The predicted molar refractivity (Wildman–Crippen MR) is 218 cm³/mol. The highest BCUT2D eigenvalue weighted by Gasteiger charge is 2.53. The smallest absolute Gasteiger partial charge is 0.413 e. The number of hydrogen-bond acceptors (Lipinski definition) is 8. The molecule has 2 fully saturated rings. The lowest BCUT2D eigenvalue weighted by Crippen LogP contribution is -2.49. The number of ether oxygens (including phenoxy) is 6. The molecule has 10 heteroatoms. The van der Waals surface area contributed by atoms with Crippen molar-refractivity contribution in [2.24, 2.45) is 0 Å². The molecule has 6 rings (SSSR count). The van der Waals surface area contributed by atoms with Gasteiger partial charge < -0.3 is 28.4 Å². The van der Waals surface area contributed by atoms with Gasteiger partial charge in [-0.3, -0.25) is 9.80 Å². The maximum atomic E-state index is 14.5. The molecule has 10 nitrogen and oxygen atoms in total. The van der Waals surface area contributed by atoms with Crippen LogP contribution in [0, 0.1) is 0 Å². The number of likely N-dealkylation sites (tertiary alicyclic amines) is 1. The lowest BCUT2D eigenvalue weighted by molar-refractivity contribution is -0.0861. The summed E-state index contributed by atoms with van der Waals surface area (Å²) < 4.78 is 38.0. The topological polar surface area (TPSA) is 96.0 Å². The molecule has 0 aliphatic carbocycles. The Balaban J connectivity index is 1.34. The van der Waals surface area contributed by atoms with Crippen molar-refractivity contribution in [2.75, 3.05) is 13.2 Å². The molecule has 5 atom stereocenters. The molecule has 2 aliphatic heterocycles. The van der Waals surface area contributed by atoms with E-state index in [1.807, 2.05) is 168 Å². The van der Waals surface area contributed by atoms with Crippen molar-refractivity contribution in [3.8, 4) is 0 Å². The molecule has 0 unspecified atom stereocenters. The summed E-state index contributed by atoms with van der Waals surface area (Å²) >= 11 is 0. The van der Waals surface area contributed by atoms with Crippen LogP contribution >= 0.6 is 0 Å². The molecule has 2 heterocycles. The molecular weight excluding hydrogens is 721 g/mol. The molecule has 302 valence electrons. The van der Waals surface area contributed by atoms with E-state index in [2.05, 4.69) is 0 Å². The summed E-state index contributed by atoms with van der Waals surface area (Å²) in [7, 11) is 0. The fraction of sp³-hybridized carbons (Fsp3) is 0.404. The van der Waals surface area contributed by atoms with E-state index in [0.29, 0.717) is 32.8 Å². The van der Waals surface area contributed by atoms with Crippen LogP contribution in [-0.2, 0) is 54.8 Å². The third kappa shape index (κ3) is 11.5. The van der Waals surface area contributed by atoms with E-state index in [1.54, 1.807) is 9.80 Å². The molecule has 0 aromatic heterocycles. The maximum Gasteiger partial charge on any atom is 0.413 e. The van der Waals surface area contributed by atoms with E-state index >= 15 is 0 Å². The molecule has 2 saturated heterocycles. The van der Waals surface area contributed by atoms with Crippen molar-refractivity contribution in [3.63, 3.8) is 0 Å². The minimum absolute atomic E-state index is 0.0980. The van der Waals surface area contributed by atoms with Gasteiger partial charge in [0, 0.05) is 0 Å². The zero-order valence-electron chi connectivity index (χ0n) is 33.7. The largest absolute Gasteiger partial charge is 0.445 e. The Labute approximate surface area is 337 Å². The first-order valence-corrected chi connectivity index (χ1v) is 19.7. The van der Waals surface area contributed by atoms with Gasteiger partial charge in [0.2, 0.25) is 0 Å². The van der Waals surface area contributed by atoms with Gasteiger partial charge in [-0.2, -0.15) is 0 Å². The number of hydrogen-bond donors (Lipinski definition) is 0. The van der Waals surface area contributed by atoms with Gasteiger partial charge in [0.1, 0.15) is 30.1 Å². The van der Waals surface area contributed by atoms with Crippen molar-refractivity contribution < 1.29 is 38.0 Å².